The lowest BCUT2D eigenvalue weighted by molar-refractivity contribution is 0.286. The molecule has 0 aliphatic rings. The minimum absolute atomic E-state index is 0.0363. The van der Waals surface area contributed by atoms with Crippen molar-refractivity contribution in [2.24, 2.45) is 11.1 Å². The summed E-state index contributed by atoms with van der Waals surface area (Å²) in [4.78, 5) is 4.11. The zero-order chi connectivity index (χ0) is 14.0. The second kappa shape index (κ2) is 5.36. The lowest BCUT2D eigenvalue weighted by Crippen LogP contribution is -2.19. The Bertz CT molecular complexity index is 488. The summed E-state index contributed by atoms with van der Waals surface area (Å²) in [7, 11) is -3.15. The molecule has 2 N–H and O–H groups in total. The molecule has 0 fully saturated rings. The number of sulfone groups is 1. The Kier molecular flexibility index (Phi) is 4.50. The third kappa shape index (κ3) is 5.14. The summed E-state index contributed by atoms with van der Waals surface area (Å²) in [5.41, 5.74) is 5.80. The first-order valence-corrected chi connectivity index (χ1v) is 7.87. The Labute approximate surface area is 108 Å². The van der Waals surface area contributed by atoms with E-state index in [1.54, 1.807) is 0 Å². The first kappa shape index (κ1) is 15.1. The molecule has 0 aliphatic heterocycles. The molecular formula is C11H21N3O3S. The molecule has 0 amide bonds. The summed E-state index contributed by atoms with van der Waals surface area (Å²) < 4.78 is 27.4. The topological polar surface area (TPSA) is 99.1 Å². The van der Waals surface area contributed by atoms with Crippen LogP contribution in [-0.4, -0.2) is 31.4 Å². The predicted molar refractivity (Wildman–Crippen MR) is 68.7 cm³/mol. The van der Waals surface area contributed by atoms with E-state index in [2.05, 4.69) is 30.9 Å². The highest BCUT2D eigenvalue weighted by Gasteiger charge is 2.24. The van der Waals surface area contributed by atoms with Crippen LogP contribution in [0.1, 0.15) is 44.8 Å². The van der Waals surface area contributed by atoms with E-state index in [1.807, 2.05) is 0 Å². The summed E-state index contributed by atoms with van der Waals surface area (Å²) in [5, 5.41) is 3.68. The monoisotopic (exact) mass is 275 g/mol. The molecule has 0 aliphatic carbocycles. The largest absolute Gasteiger partial charge is 0.339 e. The fourth-order valence-electron chi connectivity index (χ4n) is 1.74. The van der Waals surface area contributed by atoms with Crippen molar-refractivity contribution >= 4 is 9.84 Å². The molecule has 1 aromatic heterocycles. The van der Waals surface area contributed by atoms with Crippen molar-refractivity contribution in [2.45, 2.75) is 38.9 Å². The van der Waals surface area contributed by atoms with Gasteiger partial charge in [-0.3, -0.25) is 0 Å². The molecule has 6 nitrogen and oxygen atoms in total. The lowest BCUT2D eigenvalue weighted by atomic mass is 9.84. The van der Waals surface area contributed by atoms with Gasteiger partial charge >= 0.3 is 0 Å². The van der Waals surface area contributed by atoms with Crippen molar-refractivity contribution in [3.63, 3.8) is 0 Å². The number of nitrogens with two attached hydrogens (primary N) is 1. The maximum absolute atomic E-state index is 11.1. The summed E-state index contributed by atoms with van der Waals surface area (Å²) in [6.45, 7) is 6.70. The highest BCUT2D eigenvalue weighted by atomic mass is 32.2. The van der Waals surface area contributed by atoms with Gasteiger partial charge in [0.25, 0.3) is 0 Å². The summed E-state index contributed by atoms with van der Waals surface area (Å²) in [6, 6.07) is 0. The minimum atomic E-state index is -3.15. The second-order valence-corrected chi connectivity index (χ2v) is 7.96. The van der Waals surface area contributed by atoms with Crippen molar-refractivity contribution in [1.82, 2.24) is 10.1 Å². The number of rotatable bonds is 5. The van der Waals surface area contributed by atoms with E-state index >= 15 is 0 Å². The maximum Gasteiger partial charge on any atom is 0.231 e. The van der Waals surface area contributed by atoms with Gasteiger partial charge in [0.2, 0.25) is 5.89 Å². The molecule has 1 rings (SSSR count). The Morgan fingerprint density at radius 1 is 1.39 bits per heavy atom. The van der Waals surface area contributed by atoms with Crippen LogP contribution in [0.5, 0.6) is 0 Å². The molecule has 104 valence electrons. The van der Waals surface area contributed by atoms with Gasteiger partial charge in [0.15, 0.2) is 15.7 Å². The van der Waals surface area contributed by atoms with Crippen LogP contribution in [0.25, 0.3) is 0 Å². The normalized spacial score (nSPS) is 14.7. The van der Waals surface area contributed by atoms with E-state index in [-0.39, 0.29) is 22.9 Å². The van der Waals surface area contributed by atoms with Crippen LogP contribution in [-0.2, 0) is 15.6 Å². The molecule has 0 saturated heterocycles. The molecular weight excluding hydrogens is 254 g/mol. The smallest absolute Gasteiger partial charge is 0.231 e. The van der Waals surface area contributed by atoms with Gasteiger partial charge in [-0.25, -0.2) is 8.42 Å². The fourth-order valence-corrected chi connectivity index (χ4v) is 2.32. The first-order chi connectivity index (χ1) is 8.11. The number of hydrogen-bond acceptors (Lipinski definition) is 6. The summed E-state index contributed by atoms with van der Waals surface area (Å²) in [6.07, 6.45) is 1.95. The van der Waals surface area contributed by atoms with Gasteiger partial charge in [-0.05, 0) is 11.8 Å². The number of nitrogens with zero attached hydrogens (tertiary/aromatic N) is 2. The van der Waals surface area contributed by atoms with Gasteiger partial charge in [-0.15, -0.1) is 0 Å². The number of hydrogen-bond donors (Lipinski definition) is 1. The molecule has 1 atom stereocenters. The number of aromatic nitrogens is 2. The standard InChI is InChI=1S/C11H21N3O3S/c1-11(2,3)5-8(6-12)10-13-9(14-17-10)7-18(4,15)16/h8H,5-7,12H2,1-4H3. The molecule has 0 radical (unpaired) electrons. The quantitative estimate of drug-likeness (QED) is 0.863. The molecule has 0 bridgehead atoms. The Morgan fingerprint density at radius 2 is 2.00 bits per heavy atom. The molecule has 0 aromatic carbocycles. The van der Waals surface area contributed by atoms with Crippen LogP contribution in [0.4, 0.5) is 0 Å². The fraction of sp³-hybridized carbons (Fsp3) is 0.818. The molecule has 0 saturated carbocycles. The predicted octanol–water partition coefficient (Wildman–Crippen LogP) is 1.09. The van der Waals surface area contributed by atoms with Gasteiger partial charge in [-0.2, -0.15) is 4.98 Å². The lowest BCUT2D eigenvalue weighted by Gasteiger charge is -2.22. The highest BCUT2D eigenvalue weighted by Crippen LogP contribution is 2.29. The van der Waals surface area contributed by atoms with Crippen LogP contribution in [0.2, 0.25) is 0 Å². The van der Waals surface area contributed by atoms with Crippen LogP contribution in [0, 0.1) is 5.41 Å². The molecule has 0 spiro atoms. The third-order valence-electron chi connectivity index (χ3n) is 2.37. The van der Waals surface area contributed by atoms with E-state index in [0.717, 1.165) is 12.7 Å². The minimum Gasteiger partial charge on any atom is -0.339 e. The SMILES string of the molecule is CC(C)(C)CC(CN)c1nc(CS(C)(=O)=O)no1. The third-order valence-corrected chi connectivity index (χ3v) is 3.15. The van der Waals surface area contributed by atoms with E-state index in [4.69, 9.17) is 10.3 Å². The van der Waals surface area contributed by atoms with Crippen molar-refractivity contribution < 1.29 is 12.9 Å². The van der Waals surface area contributed by atoms with Gasteiger partial charge < -0.3 is 10.3 Å². The van der Waals surface area contributed by atoms with Crippen molar-refractivity contribution in [3.8, 4) is 0 Å². The van der Waals surface area contributed by atoms with E-state index in [0.29, 0.717) is 12.4 Å². The summed E-state index contributed by atoms with van der Waals surface area (Å²) in [5.74, 6) is 0.375. The molecule has 1 heterocycles. The molecule has 1 aromatic rings. The zero-order valence-corrected chi connectivity index (χ0v) is 12.1. The van der Waals surface area contributed by atoms with Crippen molar-refractivity contribution in [3.05, 3.63) is 11.7 Å². The Hall–Kier alpha value is -0.950. The van der Waals surface area contributed by atoms with E-state index < -0.39 is 9.84 Å². The van der Waals surface area contributed by atoms with Gasteiger partial charge in [0.05, 0.1) is 5.92 Å². The van der Waals surface area contributed by atoms with Gasteiger partial charge in [-0.1, -0.05) is 25.9 Å². The van der Waals surface area contributed by atoms with Crippen LogP contribution >= 0.6 is 0 Å². The van der Waals surface area contributed by atoms with Crippen molar-refractivity contribution in [2.75, 3.05) is 12.8 Å². The Morgan fingerprint density at radius 3 is 2.44 bits per heavy atom. The molecule has 1 unspecified atom stereocenters. The van der Waals surface area contributed by atoms with E-state index in [1.165, 1.54) is 0 Å². The van der Waals surface area contributed by atoms with Crippen LogP contribution < -0.4 is 5.73 Å². The molecule has 18 heavy (non-hydrogen) atoms. The Balaban J connectivity index is 2.83. The van der Waals surface area contributed by atoms with Gasteiger partial charge in [0, 0.05) is 12.8 Å². The van der Waals surface area contributed by atoms with Crippen LogP contribution in [0.3, 0.4) is 0 Å². The summed E-state index contributed by atoms with van der Waals surface area (Å²) >= 11 is 0. The average Bonchev–Trinajstić information content (AvgIpc) is 2.58. The maximum atomic E-state index is 11.1. The van der Waals surface area contributed by atoms with Crippen LogP contribution in [0.15, 0.2) is 4.52 Å². The zero-order valence-electron chi connectivity index (χ0n) is 11.3. The van der Waals surface area contributed by atoms with Crippen molar-refractivity contribution in [1.29, 1.82) is 0 Å². The molecule has 7 heteroatoms. The average molecular weight is 275 g/mol. The van der Waals surface area contributed by atoms with Gasteiger partial charge in [0.1, 0.15) is 5.75 Å². The highest BCUT2D eigenvalue weighted by molar-refractivity contribution is 7.89. The first-order valence-electron chi connectivity index (χ1n) is 5.81. The van der Waals surface area contributed by atoms with E-state index in [9.17, 15) is 8.42 Å². The second-order valence-electron chi connectivity index (χ2n) is 5.82.